The van der Waals surface area contributed by atoms with Gasteiger partial charge in [0, 0.05) is 32.2 Å². The molecular weight excluding hydrogens is 571 g/mol. The van der Waals surface area contributed by atoms with E-state index in [4.69, 9.17) is 4.74 Å². The van der Waals surface area contributed by atoms with E-state index < -0.39 is 15.9 Å². The summed E-state index contributed by atoms with van der Waals surface area (Å²) in [5.41, 5.74) is 1.50. The molecule has 9 nitrogen and oxygen atoms in total. The van der Waals surface area contributed by atoms with Gasteiger partial charge >= 0.3 is 0 Å². The van der Waals surface area contributed by atoms with Gasteiger partial charge in [0.2, 0.25) is 21.8 Å². The number of amides is 1. The van der Waals surface area contributed by atoms with E-state index in [-0.39, 0.29) is 10.8 Å². The van der Waals surface area contributed by atoms with Gasteiger partial charge in [-0.3, -0.25) is 4.79 Å². The van der Waals surface area contributed by atoms with Gasteiger partial charge in [0.25, 0.3) is 0 Å². The number of nitrogens with one attached hydrogen (secondary N) is 1. The van der Waals surface area contributed by atoms with Crippen molar-refractivity contribution in [1.29, 1.82) is 0 Å². The van der Waals surface area contributed by atoms with Gasteiger partial charge in [-0.1, -0.05) is 67.4 Å². The van der Waals surface area contributed by atoms with Crippen molar-refractivity contribution in [3.05, 3.63) is 72.3 Å². The van der Waals surface area contributed by atoms with Gasteiger partial charge in [-0.15, -0.1) is 0 Å². The Labute approximate surface area is 250 Å². The van der Waals surface area contributed by atoms with Crippen molar-refractivity contribution in [1.82, 2.24) is 19.2 Å². The normalized spacial score (nSPS) is 17.8. The van der Waals surface area contributed by atoms with E-state index >= 15 is 0 Å². The highest BCUT2D eigenvalue weighted by Gasteiger charge is 2.30. The van der Waals surface area contributed by atoms with Gasteiger partial charge in [0.1, 0.15) is 16.1 Å². The molecule has 42 heavy (non-hydrogen) atoms. The molecule has 0 radical (unpaired) electrons. The molecule has 1 saturated heterocycles. The standard InChI is InChI=1S/C31H35N5O4S2/c1-35-17-19-36(20-18-35)42(38,39)25-13-11-23(12-14-25)26(21-22-7-5-6-8-22)29(37)34-31-32-27-15-16-28(33-30(27)41-31)40-24-9-3-2-4-10-24/h2-4,9-16,22,26H,5-8,17-21H2,1H3,(H,32,34,37). The van der Waals surface area contributed by atoms with E-state index in [1.165, 1.54) is 24.2 Å². The number of fused-ring (bicyclic) bond motifs is 1. The summed E-state index contributed by atoms with van der Waals surface area (Å²) in [5.74, 6) is 1.06. The maximum Gasteiger partial charge on any atom is 0.243 e. The zero-order valence-corrected chi connectivity index (χ0v) is 25.2. The van der Waals surface area contributed by atoms with Crippen molar-refractivity contribution in [2.45, 2.75) is 42.9 Å². The number of rotatable bonds is 9. The quantitative estimate of drug-likeness (QED) is 0.260. The van der Waals surface area contributed by atoms with Crippen molar-refractivity contribution < 1.29 is 17.9 Å². The van der Waals surface area contributed by atoms with Gasteiger partial charge < -0.3 is 15.0 Å². The Morgan fingerprint density at radius 1 is 0.976 bits per heavy atom. The molecule has 2 fully saturated rings. The number of hydrogen-bond donors (Lipinski definition) is 1. The second-order valence-electron chi connectivity index (χ2n) is 11.1. The molecule has 4 aromatic rings. The number of thiazole rings is 1. The third kappa shape index (κ3) is 6.49. The Kier molecular flexibility index (Phi) is 8.53. The van der Waals surface area contributed by atoms with Crippen molar-refractivity contribution in [2.75, 3.05) is 38.5 Å². The molecule has 11 heteroatoms. The van der Waals surface area contributed by atoms with Crippen molar-refractivity contribution >= 4 is 42.7 Å². The van der Waals surface area contributed by atoms with Crippen LogP contribution in [0.25, 0.3) is 10.3 Å². The number of ether oxygens (including phenoxy) is 1. The topological polar surface area (TPSA) is 105 Å². The van der Waals surface area contributed by atoms with Crippen LogP contribution in [0.3, 0.4) is 0 Å². The van der Waals surface area contributed by atoms with Crippen LogP contribution in [-0.2, 0) is 14.8 Å². The van der Waals surface area contributed by atoms with Crippen molar-refractivity contribution in [3.8, 4) is 11.6 Å². The molecule has 2 aromatic carbocycles. The average Bonchev–Trinajstić information content (AvgIpc) is 3.66. The molecule has 220 valence electrons. The van der Waals surface area contributed by atoms with Gasteiger partial charge in [-0.05, 0) is 55.3 Å². The Morgan fingerprint density at radius 3 is 2.40 bits per heavy atom. The monoisotopic (exact) mass is 605 g/mol. The minimum Gasteiger partial charge on any atom is -0.439 e. The van der Waals surface area contributed by atoms with E-state index in [1.54, 1.807) is 34.6 Å². The number of carbonyl (C=O) groups excluding carboxylic acids is 1. The summed E-state index contributed by atoms with van der Waals surface area (Å²) in [7, 11) is -1.58. The predicted molar refractivity (Wildman–Crippen MR) is 165 cm³/mol. The number of carbonyl (C=O) groups is 1. The van der Waals surface area contributed by atoms with Crippen LogP contribution >= 0.6 is 11.3 Å². The van der Waals surface area contributed by atoms with E-state index in [0.717, 1.165) is 18.4 Å². The Morgan fingerprint density at radius 2 is 1.69 bits per heavy atom. The second kappa shape index (κ2) is 12.5. The van der Waals surface area contributed by atoms with Crippen molar-refractivity contribution in [3.63, 3.8) is 0 Å². The molecule has 1 atom stereocenters. The Balaban J connectivity index is 1.20. The second-order valence-corrected chi connectivity index (χ2v) is 14.0. The number of para-hydroxylation sites is 1. The lowest BCUT2D eigenvalue weighted by molar-refractivity contribution is -0.118. The summed E-state index contributed by atoms with van der Waals surface area (Å²) in [4.78, 5) is 26.0. The van der Waals surface area contributed by atoms with Crippen LogP contribution in [0.2, 0.25) is 0 Å². The predicted octanol–water partition coefficient (Wildman–Crippen LogP) is 5.72. The fourth-order valence-electron chi connectivity index (χ4n) is 5.74. The Bertz CT molecular complexity index is 1630. The van der Waals surface area contributed by atoms with Crippen LogP contribution in [0.15, 0.2) is 71.6 Å². The maximum absolute atomic E-state index is 13.7. The van der Waals surface area contributed by atoms with Crippen molar-refractivity contribution in [2.24, 2.45) is 5.92 Å². The number of piperazine rings is 1. The summed E-state index contributed by atoms with van der Waals surface area (Å²) in [6, 6.07) is 19.9. The Hall–Kier alpha value is -3.38. The van der Waals surface area contributed by atoms with Gasteiger partial charge in [-0.25, -0.2) is 18.4 Å². The summed E-state index contributed by atoms with van der Waals surface area (Å²) < 4.78 is 33.9. The number of sulfonamides is 1. The number of anilines is 1. The SMILES string of the molecule is CN1CCN(S(=O)(=O)c2ccc(C(CC3CCCC3)C(=O)Nc3nc4ccc(Oc5ccccc5)nc4s3)cc2)CC1. The fourth-order valence-corrected chi connectivity index (χ4v) is 7.99. The van der Waals surface area contributed by atoms with Crippen LogP contribution in [0, 0.1) is 5.92 Å². The molecule has 1 aliphatic heterocycles. The highest BCUT2D eigenvalue weighted by Crippen LogP contribution is 2.36. The fraction of sp³-hybridized carbons (Fsp3) is 0.387. The molecule has 1 aliphatic carbocycles. The third-order valence-electron chi connectivity index (χ3n) is 8.17. The molecule has 1 unspecified atom stereocenters. The molecule has 1 N–H and O–H groups in total. The van der Waals surface area contributed by atoms with E-state index in [1.807, 2.05) is 43.4 Å². The number of aromatic nitrogens is 2. The third-order valence-corrected chi connectivity index (χ3v) is 11.0. The number of benzene rings is 2. The summed E-state index contributed by atoms with van der Waals surface area (Å²) >= 11 is 1.30. The minimum atomic E-state index is -3.58. The summed E-state index contributed by atoms with van der Waals surface area (Å²) in [6.07, 6.45) is 5.29. The number of pyridine rings is 1. The number of likely N-dealkylation sites (N-methyl/N-ethyl adjacent to an activating group) is 1. The van der Waals surface area contributed by atoms with E-state index in [9.17, 15) is 13.2 Å². The maximum atomic E-state index is 13.7. The van der Waals surface area contributed by atoms with Gasteiger partial charge in [0.05, 0.1) is 10.8 Å². The average molecular weight is 606 g/mol. The van der Waals surface area contributed by atoms with E-state index in [0.29, 0.717) is 65.6 Å². The lowest BCUT2D eigenvalue weighted by Gasteiger charge is -2.31. The zero-order valence-electron chi connectivity index (χ0n) is 23.6. The number of hydrogen-bond acceptors (Lipinski definition) is 8. The van der Waals surface area contributed by atoms with Crippen LogP contribution < -0.4 is 10.1 Å². The smallest absolute Gasteiger partial charge is 0.243 e. The van der Waals surface area contributed by atoms with Gasteiger partial charge in [-0.2, -0.15) is 4.31 Å². The molecular formula is C31H35N5O4S2. The first kappa shape index (κ1) is 28.7. The lowest BCUT2D eigenvalue weighted by atomic mass is 9.87. The number of nitrogens with zero attached hydrogens (tertiary/aromatic N) is 4. The molecule has 0 spiro atoms. The molecule has 2 aromatic heterocycles. The van der Waals surface area contributed by atoms with Crippen LogP contribution in [0.1, 0.15) is 43.6 Å². The molecule has 0 bridgehead atoms. The largest absolute Gasteiger partial charge is 0.439 e. The molecule has 2 aliphatic rings. The highest BCUT2D eigenvalue weighted by atomic mass is 32.2. The zero-order chi connectivity index (χ0) is 29.1. The summed E-state index contributed by atoms with van der Waals surface area (Å²) in [6.45, 7) is 2.38. The first-order valence-corrected chi connectivity index (χ1v) is 16.7. The molecule has 3 heterocycles. The highest BCUT2D eigenvalue weighted by molar-refractivity contribution is 7.89. The van der Waals surface area contributed by atoms with E-state index in [2.05, 4.69) is 20.2 Å². The van der Waals surface area contributed by atoms with Crippen LogP contribution in [0.4, 0.5) is 5.13 Å². The first-order valence-electron chi connectivity index (χ1n) is 14.5. The minimum absolute atomic E-state index is 0.142. The summed E-state index contributed by atoms with van der Waals surface area (Å²) in [5, 5.41) is 3.51. The molecule has 1 saturated carbocycles. The first-order chi connectivity index (χ1) is 20.3. The van der Waals surface area contributed by atoms with Gasteiger partial charge in [0.15, 0.2) is 5.13 Å². The lowest BCUT2D eigenvalue weighted by Crippen LogP contribution is -2.47. The molecule has 6 rings (SSSR count). The molecule has 1 amide bonds. The van der Waals surface area contributed by atoms with Crippen LogP contribution in [0.5, 0.6) is 11.6 Å². The van der Waals surface area contributed by atoms with Crippen LogP contribution in [-0.4, -0.2) is 66.7 Å².